The molecule has 0 aliphatic rings. The van der Waals surface area contributed by atoms with E-state index in [9.17, 15) is 0 Å². The molecule has 1 aromatic carbocycles. The van der Waals surface area contributed by atoms with Crippen molar-refractivity contribution in [3.8, 4) is 0 Å². The van der Waals surface area contributed by atoms with Crippen LogP contribution in [0.15, 0.2) is 18.2 Å². The number of halogens is 1. The number of benzene rings is 1. The van der Waals surface area contributed by atoms with Crippen molar-refractivity contribution in [2.75, 3.05) is 5.88 Å². The standard InChI is InChI=1S/C14H22ClN/c1-10-5-6-11(14(2,3)4)9-12(10)13(16)7-8-15/h5-6,9,13H,7-8,16H2,1-4H3. The molecule has 0 heterocycles. The van der Waals surface area contributed by atoms with Crippen LogP contribution in [0.25, 0.3) is 0 Å². The maximum Gasteiger partial charge on any atom is 0.0308 e. The second kappa shape index (κ2) is 5.20. The van der Waals surface area contributed by atoms with E-state index in [0.29, 0.717) is 5.88 Å². The molecular formula is C14H22ClN. The Balaban J connectivity index is 3.09. The molecular weight excluding hydrogens is 218 g/mol. The summed E-state index contributed by atoms with van der Waals surface area (Å²) < 4.78 is 0. The monoisotopic (exact) mass is 239 g/mol. The van der Waals surface area contributed by atoms with E-state index in [1.54, 1.807) is 0 Å². The minimum Gasteiger partial charge on any atom is -0.324 e. The second-order valence-electron chi connectivity index (χ2n) is 5.41. The second-order valence-corrected chi connectivity index (χ2v) is 5.78. The molecule has 1 unspecified atom stereocenters. The zero-order valence-electron chi connectivity index (χ0n) is 10.7. The molecule has 0 amide bonds. The molecule has 0 bridgehead atoms. The molecule has 1 atom stereocenters. The van der Waals surface area contributed by atoms with E-state index >= 15 is 0 Å². The molecule has 16 heavy (non-hydrogen) atoms. The van der Waals surface area contributed by atoms with E-state index in [1.807, 2.05) is 0 Å². The number of hydrogen-bond donors (Lipinski definition) is 1. The van der Waals surface area contributed by atoms with Gasteiger partial charge in [-0.2, -0.15) is 0 Å². The highest BCUT2D eigenvalue weighted by Crippen LogP contribution is 2.27. The van der Waals surface area contributed by atoms with Crippen LogP contribution in [0.5, 0.6) is 0 Å². The first-order valence-electron chi connectivity index (χ1n) is 5.79. The fourth-order valence-corrected chi connectivity index (χ4v) is 2.01. The summed E-state index contributed by atoms with van der Waals surface area (Å²) in [6, 6.07) is 6.63. The molecule has 1 rings (SSSR count). The average molecular weight is 240 g/mol. The first kappa shape index (κ1) is 13.5. The Morgan fingerprint density at radius 2 is 1.94 bits per heavy atom. The van der Waals surface area contributed by atoms with Gasteiger partial charge in [0.1, 0.15) is 0 Å². The molecule has 2 heteroatoms. The summed E-state index contributed by atoms with van der Waals surface area (Å²) in [6.45, 7) is 8.76. The average Bonchev–Trinajstić information content (AvgIpc) is 2.16. The van der Waals surface area contributed by atoms with Crippen LogP contribution in [0.2, 0.25) is 0 Å². The maximum absolute atomic E-state index is 6.13. The van der Waals surface area contributed by atoms with Gasteiger partial charge in [-0.25, -0.2) is 0 Å². The first-order chi connectivity index (χ1) is 7.36. The topological polar surface area (TPSA) is 26.0 Å². The third-order valence-corrected chi connectivity index (χ3v) is 3.18. The Morgan fingerprint density at radius 3 is 2.44 bits per heavy atom. The van der Waals surface area contributed by atoms with Crippen LogP contribution in [0.3, 0.4) is 0 Å². The first-order valence-corrected chi connectivity index (χ1v) is 6.32. The molecule has 0 aliphatic carbocycles. The van der Waals surface area contributed by atoms with E-state index in [1.165, 1.54) is 16.7 Å². The molecule has 1 aromatic rings. The summed E-state index contributed by atoms with van der Waals surface area (Å²) >= 11 is 5.75. The van der Waals surface area contributed by atoms with Gasteiger partial charge in [0.15, 0.2) is 0 Å². The molecule has 0 fully saturated rings. The van der Waals surface area contributed by atoms with Crippen molar-refractivity contribution in [3.05, 3.63) is 34.9 Å². The summed E-state index contributed by atoms with van der Waals surface area (Å²) in [4.78, 5) is 0. The Kier molecular flexibility index (Phi) is 4.40. The number of nitrogens with two attached hydrogens (primary N) is 1. The van der Waals surface area contributed by atoms with Crippen molar-refractivity contribution in [3.63, 3.8) is 0 Å². The highest BCUT2D eigenvalue weighted by atomic mass is 35.5. The van der Waals surface area contributed by atoms with Crippen LogP contribution >= 0.6 is 11.6 Å². The Labute approximate surface area is 104 Å². The Hall–Kier alpha value is -0.530. The third-order valence-electron chi connectivity index (χ3n) is 2.96. The van der Waals surface area contributed by atoms with Gasteiger partial charge >= 0.3 is 0 Å². The van der Waals surface area contributed by atoms with Crippen molar-refractivity contribution < 1.29 is 0 Å². The SMILES string of the molecule is Cc1ccc(C(C)(C)C)cc1C(N)CCCl. The van der Waals surface area contributed by atoms with Gasteiger partial charge in [-0.15, -0.1) is 11.6 Å². The van der Waals surface area contributed by atoms with Gasteiger partial charge in [-0.3, -0.25) is 0 Å². The van der Waals surface area contributed by atoms with E-state index in [-0.39, 0.29) is 11.5 Å². The highest BCUT2D eigenvalue weighted by molar-refractivity contribution is 6.17. The zero-order chi connectivity index (χ0) is 12.3. The van der Waals surface area contributed by atoms with Crippen LogP contribution in [0, 0.1) is 6.92 Å². The van der Waals surface area contributed by atoms with Gasteiger partial charge in [0.2, 0.25) is 0 Å². The van der Waals surface area contributed by atoms with Gasteiger partial charge in [0, 0.05) is 11.9 Å². The van der Waals surface area contributed by atoms with Crippen LogP contribution in [0.1, 0.15) is 49.9 Å². The molecule has 2 N–H and O–H groups in total. The summed E-state index contributed by atoms with van der Waals surface area (Å²) in [5.41, 5.74) is 10.1. The van der Waals surface area contributed by atoms with Crippen molar-refractivity contribution >= 4 is 11.6 Å². The molecule has 0 spiro atoms. The third kappa shape index (κ3) is 3.23. The van der Waals surface area contributed by atoms with Gasteiger partial charge in [-0.1, -0.05) is 39.0 Å². The van der Waals surface area contributed by atoms with Crippen LogP contribution in [0.4, 0.5) is 0 Å². The van der Waals surface area contributed by atoms with Crippen LogP contribution in [-0.4, -0.2) is 5.88 Å². The minimum absolute atomic E-state index is 0.0554. The normalized spacial score (nSPS) is 13.9. The van der Waals surface area contributed by atoms with Crippen molar-refractivity contribution in [1.82, 2.24) is 0 Å². The lowest BCUT2D eigenvalue weighted by atomic mass is 9.84. The van der Waals surface area contributed by atoms with Crippen molar-refractivity contribution in [1.29, 1.82) is 0 Å². The van der Waals surface area contributed by atoms with E-state index in [2.05, 4.69) is 45.9 Å². The number of alkyl halides is 1. The zero-order valence-corrected chi connectivity index (χ0v) is 11.4. The van der Waals surface area contributed by atoms with Crippen molar-refractivity contribution in [2.45, 2.75) is 45.6 Å². The quantitative estimate of drug-likeness (QED) is 0.795. The molecule has 0 radical (unpaired) electrons. The minimum atomic E-state index is 0.0554. The predicted octanol–water partition coefficient (Wildman–Crippen LogP) is 3.92. The van der Waals surface area contributed by atoms with Crippen LogP contribution in [-0.2, 0) is 5.41 Å². The summed E-state index contributed by atoms with van der Waals surface area (Å²) in [6.07, 6.45) is 0.829. The number of hydrogen-bond acceptors (Lipinski definition) is 1. The van der Waals surface area contributed by atoms with Gasteiger partial charge in [0.25, 0.3) is 0 Å². The van der Waals surface area contributed by atoms with Gasteiger partial charge < -0.3 is 5.73 Å². The van der Waals surface area contributed by atoms with Crippen LogP contribution < -0.4 is 5.73 Å². The predicted molar refractivity (Wildman–Crippen MR) is 72.1 cm³/mol. The lowest BCUT2D eigenvalue weighted by Gasteiger charge is -2.22. The van der Waals surface area contributed by atoms with E-state index < -0.39 is 0 Å². The molecule has 90 valence electrons. The fraction of sp³-hybridized carbons (Fsp3) is 0.571. The summed E-state index contributed by atoms with van der Waals surface area (Å²) in [5.74, 6) is 0.611. The maximum atomic E-state index is 6.13. The van der Waals surface area contributed by atoms with Crippen molar-refractivity contribution in [2.24, 2.45) is 5.73 Å². The highest BCUT2D eigenvalue weighted by Gasteiger charge is 2.16. The number of aryl methyl sites for hydroxylation is 1. The largest absolute Gasteiger partial charge is 0.324 e. The molecule has 1 nitrogen and oxygen atoms in total. The summed E-state index contributed by atoms with van der Waals surface area (Å²) in [5, 5.41) is 0. The molecule has 0 aromatic heterocycles. The smallest absolute Gasteiger partial charge is 0.0308 e. The Morgan fingerprint density at radius 1 is 1.31 bits per heavy atom. The molecule has 0 saturated carbocycles. The lowest BCUT2D eigenvalue weighted by Crippen LogP contribution is -2.16. The van der Waals surface area contributed by atoms with Gasteiger partial charge in [0.05, 0.1) is 0 Å². The molecule has 0 aliphatic heterocycles. The Bertz CT molecular complexity index is 352. The molecule has 0 saturated heterocycles. The summed E-state index contributed by atoms with van der Waals surface area (Å²) in [7, 11) is 0. The lowest BCUT2D eigenvalue weighted by molar-refractivity contribution is 0.586. The fourth-order valence-electron chi connectivity index (χ4n) is 1.78. The van der Waals surface area contributed by atoms with E-state index in [0.717, 1.165) is 6.42 Å². The van der Waals surface area contributed by atoms with E-state index in [4.69, 9.17) is 17.3 Å². The number of rotatable bonds is 3. The van der Waals surface area contributed by atoms with Gasteiger partial charge in [-0.05, 0) is 35.4 Å².